The van der Waals surface area contributed by atoms with E-state index in [0.29, 0.717) is 5.92 Å². The van der Waals surface area contributed by atoms with E-state index in [-0.39, 0.29) is 0 Å². The Hall–Kier alpha value is -1.75. The summed E-state index contributed by atoms with van der Waals surface area (Å²) < 4.78 is 0. The summed E-state index contributed by atoms with van der Waals surface area (Å²) in [5, 5.41) is 7.28. The number of aromatic nitrogens is 4. The molecule has 1 unspecified atom stereocenters. The third-order valence-electron chi connectivity index (χ3n) is 3.87. The van der Waals surface area contributed by atoms with E-state index in [1.54, 1.807) is 0 Å². The zero-order valence-corrected chi connectivity index (χ0v) is 12.3. The van der Waals surface area contributed by atoms with Crippen molar-refractivity contribution in [2.45, 2.75) is 32.6 Å². The minimum Gasteiger partial charge on any atom is -0.306 e. The molecule has 1 fully saturated rings. The molecule has 5 heteroatoms. The molecule has 0 saturated carbocycles. The Balaban J connectivity index is 1.94. The van der Waals surface area contributed by atoms with Crippen LogP contribution in [-0.4, -0.2) is 45.2 Å². The topological polar surface area (TPSA) is 57.7 Å². The Morgan fingerprint density at radius 1 is 1.20 bits per heavy atom. The number of nitrogens with one attached hydrogen (secondary N) is 1. The SMILES string of the molecule is Cc1nc(-c2cc(C)[nH]n2)cc(C2CCCN(C)C2)n1. The molecule has 0 amide bonds. The molecule has 1 atom stereocenters. The minimum absolute atomic E-state index is 0.509. The molecule has 1 aliphatic rings. The van der Waals surface area contributed by atoms with Gasteiger partial charge >= 0.3 is 0 Å². The second kappa shape index (κ2) is 5.32. The fraction of sp³-hybridized carbons (Fsp3) is 0.533. The number of hydrogen-bond acceptors (Lipinski definition) is 4. The first-order chi connectivity index (χ1) is 9.61. The van der Waals surface area contributed by atoms with E-state index in [1.807, 2.05) is 19.9 Å². The summed E-state index contributed by atoms with van der Waals surface area (Å²) in [4.78, 5) is 11.6. The van der Waals surface area contributed by atoms with Gasteiger partial charge in [0.2, 0.25) is 0 Å². The Morgan fingerprint density at radius 2 is 2.05 bits per heavy atom. The van der Waals surface area contributed by atoms with Crippen LogP contribution in [0.4, 0.5) is 0 Å². The van der Waals surface area contributed by atoms with Gasteiger partial charge in [-0.1, -0.05) is 0 Å². The average Bonchev–Trinajstić information content (AvgIpc) is 2.85. The van der Waals surface area contributed by atoms with Gasteiger partial charge in [-0.25, -0.2) is 9.97 Å². The van der Waals surface area contributed by atoms with Gasteiger partial charge in [-0.3, -0.25) is 5.10 Å². The van der Waals surface area contributed by atoms with Gasteiger partial charge in [0, 0.05) is 23.9 Å². The monoisotopic (exact) mass is 271 g/mol. The van der Waals surface area contributed by atoms with Crippen molar-refractivity contribution >= 4 is 0 Å². The van der Waals surface area contributed by atoms with Gasteiger partial charge < -0.3 is 4.90 Å². The lowest BCUT2D eigenvalue weighted by molar-refractivity contribution is 0.248. The summed E-state index contributed by atoms with van der Waals surface area (Å²) >= 11 is 0. The van der Waals surface area contributed by atoms with Gasteiger partial charge in [0.1, 0.15) is 11.5 Å². The molecular weight excluding hydrogens is 250 g/mol. The average molecular weight is 271 g/mol. The summed E-state index contributed by atoms with van der Waals surface area (Å²) in [5.74, 6) is 1.33. The molecule has 2 aromatic rings. The van der Waals surface area contributed by atoms with E-state index < -0.39 is 0 Å². The number of piperidine rings is 1. The Morgan fingerprint density at radius 3 is 2.75 bits per heavy atom. The van der Waals surface area contributed by atoms with Crippen LogP contribution >= 0.6 is 0 Å². The Kier molecular flexibility index (Phi) is 3.53. The summed E-state index contributed by atoms with van der Waals surface area (Å²) in [6.45, 7) is 6.22. The van der Waals surface area contributed by atoms with Crippen LogP contribution in [0.25, 0.3) is 11.4 Å². The van der Waals surface area contributed by atoms with E-state index in [1.165, 1.54) is 19.4 Å². The molecule has 1 N–H and O–H groups in total. The Bertz CT molecular complexity index is 604. The van der Waals surface area contributed by atoms with Crippen LogP contribution in [0.2, 0.25) is 0 Å². The van der Waals surface area contributed by atoms with Gasteiger partial charge in [0.15, 0.2) is 0 Å². The summed E-state index contributed by atoms with van der Waals surface area (Å²) in [7, 11) is 2.18. The lowest BCUT2D eigenvalue weighted by Crippen LogP contribution is -2.31. The first-order valence-corrected chi connectivity index (χ1v) is 7.18. The zero-order chi connectivity index (χ0) is 14.1. The lowest BCUT2D eigenvalue weighted by Gasteiger charge is -2.29. The molecule has 3 rings (SSSR count). The predicted octanol–water partition coefficient (Wildman–Crippen LogP) is 2.29. The van der Waals surface area contributed by atoms with Crippen molar-refractivity contribution in [3.05, 3.63) is 29.3 Å². The predicted molar refractivity (Wildman–Crippen MR) is 78.6 cm³/mol. The number of likely N-dealkylation sites (tertiary alicyclic amines) is 1. The molecular formula is C15H21N5. The highest BCUT2D eigenvalue weighted by molar-refractivity contribution is 5.54. The van der Waals surface area contributed by atoms with Gasteiger partial charge in [-0.2, -0.15) is 5.10 Å². The molecule has 106 valence electrons. The highest BCUT2D eigenvalue weighted by Crippen LogP contribution is 2.27. The number of H-pyrrole nitrogens is 1. The smallest absolute Gasteiger partial charge is 0.126 e. The third-order valence-corrected chi connectivity index (χ3v) is 3.87. The molecule has 20 heavy (non-hydrogen) atoms. The summed E-state index contributed by atoms with van der Waals surface area (Å²) in [6.07, 6.45) is 2.45. The molecule has 0 bridgehead atoms. The first kappa shape index (κ1) is 13.2. The van der Waals surface area contributed by atoms with Gasteiger partial charge in [0.25, 0.3) is 0 Å². The van der Waals surface area contributed by atoms with E-state index in [2.05, 4.69) is 38.2 Å². The van der Waals surface area contributed by atoms with E-state index in [4.69, 9.17) is 0 Å². The van der Waals surface area contributed by atoms with E-state index >= 15 is 0 Å². The lowest BCUT2D eigenvalue weighted by atomic mass is 9.94. The summed E-state index contributed by atoms with van der Waals surface area (Å²) in [6, 6.07) is 4.13. The highest BCUT2D eigenvalue weighted by Gasteiger charge is 2.21. The van der Waals surface area contributed by atoms with Crippen molar-refractivity contribution in [1.29, 1.82) is 0 Å². The molecule has 0 aliphatic carbocycles. The second-order valence-electron chi connectivity index (χ2n) is 5.76. The van der Waals surface area contributed by atoms with Crippen LogP contribution < -0.4 is 0 Å². The van der Waals surface area contributed by atoms with Gasteiger partial charge in [0.05, 0.1) is 5.69 Å². The van der Waals surface area contributed by atoms with Crippen molar-refractivity contribution in [3.63, 3.8) is 0 Å². The molecule has 0 spiro atoms. The van der Waals surface area contributed by atoms with Crippen molar-refractivity contribution in [3.8, 4) is 11.4 Å². The number of aromatic amines is 1. The second-order valence-corrected chi connectivity index (χ2v) is 5.76. The van der Waals surface area contributed by atoms with Crippen molar-refractivity contribution in [1.82, 2.24) is 25.1 Å². The maximum atomic E-state index is 4.65. The minimum atomic E-state index is 0.509. The van der Waals surface area contributed by atoms with Gasteiger partial charge in [-0.05, 0) is 52.4 Å². The largest absolute Gasteiger partial charge is 0.306 e. The zero-order valence-electron chi connectivity index (χ0n) is 12.3. The van der Waals surface area contributed by atoms with Crippen LogP contribution in [0.1, 0.15) is 36.0 Å². The molecule has 5 nitrogen and oxygen atoms in total. The molecule has 0 radical (unpaired) electrons. The first-order valence-electron chi connectivity index (χ1n) is 7.18. The number of hydrogen-bond donors (Lipinski definition) is 1. The van der Waals surface area contributed by atoms with Gasteiger partial charge in [-0.15, -0.1) is 0 Å². The fourth-order valence-electron chi connectivity index (χ4n) is 2.89. The maximum absolute atomic E-state index is 4.65. The normalized spacial score (nSPS) is 20.2. The number of aryl methyl sites for hydroxylation is 2. The third kappa shape index (κ3) is 2.72. The van der Waals surface area contributed by atoms with E-state index in [9.17, 15) is 0 Å². The Labute approximate surface area is 119 Å². The number of rotatable bonds is 2. The number of likely N-dealkylation sites (N-methyl/N-ethyl adjacent to an activating group) is 1. The van der Waals surface area contributed by atoms with Crippen molar-refractivity contribution in [2.75, 3.05) is 20.1 Å². The number of nitrogens with zero attached hydrogens (tertiary/aromatic N) is 4. The standard InChI is InChI=1S/C15H21N5/c1-10-7-15(19-18-10)14-8-13(16-11(2)17-14)12-5-4-6-20(3)9-12/h7-8,12H,4-6,9H2,1-3H3,(H,18,19). The highest BCUT2D eigenvalue weighted by atomic mass is 15.1. The molecule has 1 aliphatic heterocycles. The molecule has 2 aromatic heterocycles. The molecule has 1 saturated heterocycles. The van der Waals surface area contributed by atoms with Crippen LogP contribution in [-0.2, 0) is 0 Å². The fourth-order valence-corrected chi connectivity index (χ4v) is 2.89. The van der Waals surface area contributed by atoms with Crippen LogP contribution in [0.3, 0.4) is 0 Å². The van der Waals surface area contributed by atoms with E-state index in [0.717, 1.165) is 35.1 Å². The van der Waals surface area contributed by atoms with Crippen LogP contribution in [0, 0.1) is 13.8 Å². The summed E-state index contributed by atoms with van der Waals surface area (Å²) in [5.41, 5.74) is 4.03. The molecule has 0 aromatic carbocycles. The molecule has 3 heterocycles. The van der Waals surface area contributed by atoms with Crippen molar-refractivity contribution < 1.29 is 0 Å². The quantitative estimate of drug-likeness (QED) is 0.910. The van der Waals surface area contributed by atoms with Crippen LogP contribution in [0.15, 0.2) is 12.1 Å². The van der Waals surface area contributed by atoms with Crippen LogP contribution in [0.5, 0.6) is 0 Å². The van der Waals surface area contributed by atoms with Crippen molar-refractivity contribution in [2.24, 2.45) is 0 Å². The maximum Gasteiger partial charge on any atom is 0.126 e.